The van der Waals surface area contributed by atoms with E-state index in [2.05, 4.69) is 0 Å². The lowest BCUT2D eigenvalue weighted by atomic mass is 10.1. The Morgan fingerprint density at radius 2 is 1.67 bits per heavy atom. The van der Waals surface area contributed by atoms with E-state index in [9.17, 15) is 14.4 Å². The molecule has 0 fully saturated rings. The summed E-state index contributed by atoms with van der Waals surface area (Å²) in [6, 6.07) is 14.3. The molecule has 2 aromatic rings. The predicted octanol–water partition coefficient (Wildman–Crippen LogP) is 2.75. The Hall–Kier alpha value is -3.35. The molecule has 0 unspecified atom stereocenters. The van der Waals surface area contributed by atoms with Crippen LogP contribution in [0.3, 0.4) is 0 Å². The number of hydrogen-bond donors (Lipinski definition) is 0. The molecule has 0 bridgehead atoms. The lowest BCUT2D eigenvalue weighted by Gasteiger charge is -2.31. The number of rotatable bonds is 7. The largest absolute Gasteiger partial charge is 0.486 e. The average molecular weight is 408 g/mol. The number of carbonyl (C=O) groups is 3. The Bertz CT molecular complexity index is 939. The first-order valence-corrected chi connectivity index (χ1v) is 10.2. The fourth-order valence-corrected chi connectivity index (χ4v) is 3.79. The van der Waals surface area contributed by atoms with Gasteiger partial charge in [-0.15, -0.1) is 0 Å². The van der Waals surface area contributed by atoms with E-state index >= 15 is 0 Å². The van der Waals surface area contributed by atoms with Crippen LogP contribution in [-0.2, 0) is 4.79 Å². The van der Waals surface area contributed by atoms with Crippen LogP contribution in [0.1, 0.15) is 40.5 Å². The summed E-state index contributed by atoms with van der Waals surface area (Å²) in [5.41, 5.74) is 0.859. The van der Waals surface area contributed by atoms with E-state index in [1.165, 1.54) is 4.90 Å². The highest BCUT2D eigenvalue weighted by molar-refractivity contribution is 6.21. The third-order valence-electron chi connectivity index (χ3n) is 5.38. The normalized spacial score (nSPS) is 17.1. The van der Waals surface area contributed by atoms with Crippen LogP contribution in [0, 0.1) is 0 Å². The molecule has 156 valence electrons. The number of ether oxygens (including phenoxy) is 2. The summed E-state index contributed by atoms with van der Waals surface area (Å²) < 4.78 is 11.7. The topological polar surface area (TPSA) is 76.2 Å². The summed E-state index contributed by atoms with van der Waals surface area (Å²) in [4.78, 5) is 40.5. The van der Waals surface area contributed by atoms with Crippen LogP contribution in [0.2, 0.25) is 0 Å². The number of nitrogens with zero attached hydrogens (tertiary/aromatic N) is 2. The van der Waals surface area contributed by atoms with Gasteiger partial charge in [0.25, 0.3) is 11.8 Å². The van der Waals surface area contributed by atoms with Gasteiger partial charge in [0, 0.05) is 19.5 Å². The second-order valence-corrected chi connectivity index (χ2v) is 7.34. The number of amides is 3. The highest BCUT2D eigenvalue weighted by Crippen LogP contribution is 2.31. The summed E-state index contributed by atoms with van der Waals surface area (Å²) in [6.45, 7) is 3.51. The Kier molecular flexibility index (Phi) is 5.70. The SMILES string of the molecule is CCN(C[C@H]1COc2ccccc2O1)C(=O)CCCN1C(=O)c2ccccc2C1=O. The maximum Gasteiger partial charge on any atom is 0.261 e. The molecular formula is C23H24N2O5. The summed E-state index contributed by atoms with van der Waals surface area (Å²) in [7, 11) is 0. The molecule has 2 aromatic carbocycles. The van der Waals surface area contributed by atoms with Crippen LogP contribution < -0.4 is 9.47 Å². The molecule has 4 rings (SSSR count). The van der Waals surface area contributed by atoms with Crippen LogP contribution in [0.5, 0.6) is 11.5 Å². The Morgan fingerprint density at radius 3 is 2.33 bits per heavy atom. The minimum Gasteiger partial charge on any atom is -0.486 e. The Morgan fingerprint density at radius 1 is 1.03 bits per heavy atom. The molecule has 30 heavy (non-hydrogen) atoms. The van der Waals surface area contributed by atoms with Crippen molar-refractivity contribution >= 4 is 17.7 Å². The maximum atomic E-state index is 12.7. The third-order valence-corrected chi connectivity index (χ3v) is 5.38. The van der Waals surface area contributed by atoms with Crippen LogP contribution in [-0.4, -0.2) is 59.9 Å². The van der Waals surface area contributed by atoms with Crippen molar-refractivity contribution in [2.75, 3.05) is 26.2 Å². The molecular weight excluding hydrogens is 384 g/mol. The molecule has 0 radical (unpaired) electrons. The van der Waals surface area contributed by atoms with Crippen molar-refractivity contribution in [3.63, 3.8) is 0 Å². The number of benzene rings is 2. The first-order valence-electron chi connectivity index (χ1n) is 10.2. The first kappa shape index (κ1) is 19.9. The van der Waals surface area contributed by atoms with Gasteiger partial charge < -0.3 is 14.4 Å². The highest BCUT2D eigenvalue weighted by atomic mass is 16.6. The van der Waals surface area contributed by atoms with Crippen molar-refractivity contribution in [1.29, 1.82) is 0 Å². The molecule has 0 aromatic heterocycles. The molecule has 2 aliphatic rings. The van der Waals surface area contributed by atoms with Gasteiger partial charge in [0.05, 0.1) is 17.7 Å². The summed E-state index contributed by atoms with van der Waals surface area (Å²) in [5.74, 6) is 0.784. The number of carbonyl (C=O) groups excluding carboxylic acids is 3. The molecule has 2 aliphatic heterocycles. The number of fused-ring (bicyclic) bond motifs is 2. The standard InChI is InChI=1S/C23H24N2O5/c1-2-24(14-16-15-29-19-10-5-6-11-20(19)30-16)21(26)12-7-13-25-22(27)17-8-3-4-9-18(17)23(25)28/h3-6,8-11,16H,2,7,12-15H2,1H3/t16-/m0/s1. The van der Waals surface area contributed by atoms with Gasteiger partial charge in [0.15, 0.2) is 17.6 Å². The lowest BCUT2D eigenvalue weighted by molar-refractivity contribution is -0.132. The molecule has 0 saturated heterocycles. The zero-order valence-electron chi connectivity index (χ0n) is 16.9. The molecule has 0 aliphatic carbocycles. The second-order valence-electron chi connectivity index (χ2n) is 7.34. The monoisotopic (exact) mass is 408 g/mol. The van der Waals surface area contributed by atoms with Gasteiger partial charge in [-0.2, -0.15) is 0 Å². The third kappa shape index (κ3) is 3.87. The summed E-state index contributed by atoms with van der Waals surface area (Å²) in [6.07, 6.45) is 0.442. The van der Waals surface area contributed by atoms with E-state index in [0.717, 1.165) is 0 Å². The minimum absolute atomic E-state index is 0.0310. The van der Waals surface area contributed by atoms with Gasteiger partial charge >= 0.3 is 0 Å². The number of hydrogen-bond acceptors (Lipinski definition) is 5. The molecule has 7 nitrogen and oxygen atoms in total. The lowest BCUT2D eigenvalue weighted by Crippen LogP contribution is -2.43. The van der Waals surface area contributed by atoms with Gasteiger partial charge in [0.2, 0.25) is 5.91 Å². The van der Waals surface area contributed by atoms with E-state index in [-0.39, 0.29) is 36.8 Å². The van der Waals surface area contributed by atoms with Crippen molar-refractivity contribution in [2.45, 2.75) is 25.9 Å². The minimum atomic E-state index is -0.290. The zero-order chi connectivity index (χ0) is 21.1. The van der Waals surface area contributed by atoms with Crippen LogP contribution in [0.25, 0.3) is 0 Å². The fourth-order valence-electron chi connectivity index (χ4n) is 3.79. The predicted molar refractivity (Wildman–Crippen MR) is 110 cm³/mol. The highest BCUT2D eigenvalue weighted by Gasteiger charge is 2.34. The van der Waals surface area contributed by atoms with Crippen molar-refractivity contribution < 1.29 is 23.9 Å². The van der Waals surface area contributed by atoms with Gasteiger partial charge in [-0.05, 0) is 37.6 Å². The van der Waals surface area contributed by atoms with E-state index in [1.807, 2.05) is 31.2 Å². The smallest absolute Gasteiger partial charge is 0.261 e. The first-order chi connectivity index (χ1) is 14.6. The van der Waals surface area contributed by atoms with Gasteiger partial charge in [0.1, 0.15) is 6.61 Å². The fraction of sp³-hybridized carbons (Fsp3) is 0.348. The molecule has 3 amide bonds. The zero-order valence-corrected chi connectivity index (χ0v) is 16.9. The molecule has 2 heterocycles. The summed E-state index contributed by atoms with van der Waals surface area (Å²) in [5, 5.41) is 0. The average Bonchev–Trinajstić information content (AvgIpc) is 3.02. The van der Waals surface area contributed by atoms with Crippen molar-refractivity contribution in [2.24, 2.45) is 0 Å². The van der Waals surface area contributed by atoms with Gasteiger partial charge in [-0.25, -0.2) is 0 Å². The summed E-state index contributed by atoms with van der Waals surface area (Å²) >= 11 is 0. The number of para-hydroxylation sites is 2. The van der Waals surface area contributed by atoms with Crippen molar-refractivity contribution in [3.8, 4) is 11.5 Å². The molecule has 0 N–H and O–H groups in total. The van der Waals surface area contributed by atoms with E-state index in [0.29, 0.717) is 48.7 Å². The Balaban J connectivity index is 1.28. The molecule has 0 spiro atoms. The molecule has 1 atom stereocenters. The van der Waals surface area contributed by atoms with E-state index in [1.54, 1.807) is 29.2 Å². The van der Waals surface area contributed by atoms with Crippen LogP contribution in [0.4, 0.5) is 0 Å². The van der Waals surface area contributed by atoms with Crippen molar-refractivity contribution in [3.05, 3.63) is 59.7 Å². The number of imide groups is 1. The van der Waals surface area contributed by atoms with Crippen molar-refractivity contribution in [1.82, 2.24) is 9.80 Å². The maximum absolute atomic E-state index is 12.7. The van der Waals surface area contributed by atoms with Gasteiger partial charge in [-0.1, -0.05) is 24.3 Å². The number of likely N-dealkylation sites (N-methyl/N-ethyl adjacent to an activating group) is 1. The molecule has 7 heteroatoms. The molecule has 0 saturated carbocycles. The quantitative estimate of drug-likeness (QED) is 0.659. The van der Waals surface area contributed by atoms with Gasteiger partial charge in [-0.3, -0.25) is 19.3 Å². The Labute approximate surface area is 175 Å². The van der Waals surface area contributed by atoms with Crippen LogP contribution in [0.15, 0.2) is 48.5 Å². The van der Waals surface area contributed by atoms with E-state index < -0.39 is 0 Å². The van der Waals surface area contributed by atoms with Crippen LogP contribution >= 0.6 is 0 Å². The second kappa shape index (κ2) is 8.57. The van der Waals surface area contributed by atoms with E-state index in [4.69, 9.17) is 9.47 Å².